The molecule has 4 heteroatoms. The summed E-state index contributed by atoms with van der Waals surface area (Å²) in [6.45, 7) is 0. The van der Waals surface area contributed by atoms with Crippen LogP contribution in [0.15, 0.2) is 12.1 Å². The molecule has 1 aromatic carbocycles. The molecule has 1 N–H and O–H groups in total. The fourth-order valence-corrected chi connectivity index (χ4v) is 1.15. The number of alkyl halides is 1. The molecule has 0 aromatic heterocycles. The Balaban J connectivity index is 3.28. The topological polar surface area (TPSA) is 46.5 Å². The molecule has 0 spiro atoms. The number of hydrogen-bond acceptors (Lipinski definition) is 3. The lowest BCUT2D eigenvalue weighted by Crippen LogP contribution is -1.91. The number of rotatable bonds is 2. The minimum atomic E-state index is -0.0870. The Bertz CT molecular complexity index is 429. The van der Waals surface area contributed by atoms with Crippen LogP contribution < -0.4 is 4.74 Å². The molecular formula is C11H9ClO3. The van der Waals surface area contributed by atoms with Gasteiger partial charge >= 0.3 is 0 Å². The van der Waals surface area contributed by atoms with Gasteiger partial charge in [0, 0.05) is 17.2 Å². The van der Waals surface area contributed by atoms with E-state index in [1.807, 2.05) is 0 Å². The van der Waals surface area contributed by atoms with E-state index in [1.165, 1.54) is 19.2 Å². The third-order valence-corrected chi connectivity index (χ3v) is 1.90. The first kappa shape index (κ1) is 11.4. The maximum atomic E-state index is 10.7. The summed E-state index contributed by atoms with van der Waals surface area (Å²) >= 11 is 5.41. The summed E-state index contributed by atoms with van der Waals surface area (Å²) in [5.41, 5.74) is 0.797. The lowest BCUT2D eigenvalue weighted by Gasteiger charge is -2.05. The van der Waals surface area contributed by atoms with Crippen molar-refractivity contribution in [1.29, 1.82) is 0 Å². The van der Waals surface area contributed by atoms with Gasteiger partial charge in [-0.05, 0) is 6.07 Å². The van der Waals surface area contributed by atoms with Crippen LogP contribution in [0, 0.1) is 11.8 Å². The van der Waals surface area contributed by atoms with E-state index in [1.54, 1.807) is 0 Å². The molecule has 0 heterocycles. The van der Waals surface area contributed by atoms with E-state index in [0.717, 1.165) is 0 Å². The van der Waals surface area contributed by atoms with Gasteiger partial charge in [-0.15, -0.1) is 11.6 Å². The molecule has 0 atom stereocenters. The van der Waals surface area contributed by atoms with E-state index in [9.17, 15) is 9.90 Å². The molecule has 0 bridgehead atoms. The molecule has 1 aromatic rings. The smallest absolute Gasteiger partial charge is 0.161 e. The first-order valence-corrected chi connectivity index (χ1v) is 4.67. The zero-order valence-electron chi connectivity index (χ0n) is 8.08. The van der Waals surface area contributed by atoms with Gasteiger partial charge < -0.3 is 9.84 Å². The van der Waals surface area contributed by atoms with Gasteiger partial charge in [0.2, 0.25) is 0 Å². The summed E-state index contributed by atoms with van der Waals surface area (Å²) in [6.07, 6.45) is 0.622. The Morgan fingerprint density at radius 1 is 1.60 bits per heavy atom. The van der Waals surface area contributed by atoms with Gasteiger partial charge in [-0.1, -0.05) is 11.8 Å². The van der Waals surface area contributed by atoms with E-state index in [-0.39, 0.29) is 17.4 Å². The molecule has 0 radical (unpaired) electrons. The third kappa shape index (κ3) is 2.64. The van der Waals surface area contributed by atoms with Crippen molar-refractivity contribution in [2.45, 2.75) is 0 Å². The molecule has 0 aliphatic carbocycles. The fourth-order valence-electron chi connectivity index (χ4n) is 1.08. The zero-order valence-corrected chi connectivity index (χ0v) is 8.84. The molecule has 0 saturated heterocycles. The largest absolute Gasteiger partial charge is 0.504 e. The second-order valence-electron chi connectivity index (χ2n) is 2.66. The molecule has 0 fully saturated rings. The number of phenolic OH excluding ortho intramolecular Hbond substituents is 1. The van der Waals surface area contributed by atoms with Crippen LogP contribution in [0.5, 0.6) is 11.5 Å². The van der Waals surface area contributed by atoms with Crippen LogP contribution in [-0.4, -0.2) is 24.4 Å². The van der Waals surface area contributed by atoms with Crippen LogP contribution in [0.4, 0.5) is 0 Å². The van der Waals surface area contributed by atoms with Gasteiger partial charge in [0.15, 0.2) is 17.8 Å². The second-order valence-corrected chi connectivity index (χ2v) is 2.93. The Morgan fingerprint density at radius 2 is 2.33 bits per heavy atom. The number of carbonyl (C=O) groups excluding carboxylic acids is 1. The fraction of sp³-hybridized carbons (Fsp3) is 0.182. The van der Waals surface area contributed by atoms with E-state index in [4.69, 9.17) is 16.3 Å². The minimum Gasteiger partial charge on any atom is -0.504 e. The summed E-state index contributed by atoms with van der Waals surface area (Å²) in [6, 6.07) is 2.81. The van der Waals surface area contributed by atoms with Crippen LogP contribution >= 0.6 is 11.6 Å². The van der Waals surface area contributed by atoms with Crippen LogP contribution in [0.3, 0.4) is 0 Å². The predicted molar refractivity (Wildman–Crippen MR) is 57.6 cm³/mol. The van der Waals surface area contributed by atoms with Crippen molar-refractivity contribution in [2.75, 3.05) is 13.0 Å². The van der Waals surface area contributed by atoms with Gasteiger partial charge in [-0.2, -0.15) is 0 Å². The van der Waals surface area contributed by atoms with Gasteiger partial charge in [-0.3, -0.25) is 4.79 Å². The van der Waals surface area contributed by atoms with Gasteiger partial charge in [0.05, 0.1) is 13.0 Å². The average molecular weight is 225 g/mol. The second kappa shape index (κ2) is 5.28. The molecule has 0 amide bonds. The first-order valence-electron chi connectivity index (χ1n) is 4.14. The summed E-state index contributed by atoms with van der Waals surface area (Å²) in [5.74, 6) is 5.71. The SMILES string of the molecule is COc1cc(C#CCCl)c(C=O)cc1O. The predicted octanol–water partition coefficient (Wildman–Crippen LogP) is 1.80. The molecule has 0 aliphatic heterocycles. The summed E-state index contributed by atoms with van der Waals surface area (Å²) in [4.78, 5) is 10.7. The van der Waals surface area contributed by atoms with Crippen LogP contribution in [-0.2, 0) is 0 Å². The summed E-state index contributed by atoms with van der Waals surface area (Å²) < 4.78 is 4.90. The van der Waals surface area contributed by atoms with E-state index in [2.05, 4.69) is 11.8 Å². The highest BCUT2D eigenvalue weighted by Gasteiger charge is 2.07. The third-order valence-electron chi connectivity index (χ3n) is 1.77. The maximum absolute atomic E-state index is 10.7. The Kier molecular flexibility index (Phi) is 4.02. The van der Waals surface area contributed by atoms with E-state index < -0.39 is 0 Å². The van der Waals surface area contributed by atoms with Gasteiger partial charge in [0.1, 0.15) is 0 Å². The first-order chi connectivity index (χ1) is 7.22. The summed E-state index contributed by atoms with van der Waals surface area (Å²) in [7, 11) is 1.42. The molecule has 3 nitrogen and oxygen atoms in total. The van der Waals surface area contributed by atoms with Crippen molar-refractivity contribution >= 4 is 17.9 Å². The lowest BCUT2D eigenvalue weighted by molar-refractivity contribution is 0.112. The number of phenols is 1. The average Bonchev–Trinajstić information content (AvgIpc) is 2.26. The highest BCUT2D eigenvalue weighted by molar-refractivity contribution is 6.19. The Labute approximate surface area is 92.6 Å². The number of carbonyl (C=O) groups is 1. The van der Waals surface area contributed by atoms with Crippen molar-refractivity contribution < 1.29 is 14.6 Å². The van der Waals surface area contributed by atoms with Crippen molar-refractivity contribution in [1.82, 2.24) is 0 Å². The quantitative estimate of drug-likeness (QED) is 0.473. The van der Waals surface area contributed by atoms with Crippen LogP contribution in [0.25, 0.3) is 0 Å². The summed E-state index contributed by atoms with van der Waals surface area (Å²) in [5, 5.41) is 9.41. The monoisotopic (exact) mass is 224 g/mol. The molecule has 0 unspecified atom stereocenters. The highest BCUT2D eigenvalue weighted by atomic mass is 35.5. The maximum Gasteiger partial charge on any atom is 0.161 e. The van der Waals surface area contributed by atoms with E-state index in [0.29, 0.717) is 17.4 Å². The number of ether oxygens (including phenoxy) is 1. The van der Waals surface area contributed by atoms with E-state index >= 15 is 0 Å². The Morgan fingerprint density at radius 3 is 2.87 bits per heavy atom. The Hall–Kier alpha value is -1.66. The van der Waals surface area contributed by atoms with Gasteiger partial charge in [-0.25, -0.2) is 0 Å². The van der Waals surface area contributed by atoms with Crippen LogP contribution in [0.1, 0.15) is 15.9 Å². The standard InChI is InChI=1S/C11H9ClO3/c1-15-11-6-8(3-2-4-12)9(7-13)5-10(11)14/h5-7,14H,4H2,1H3. The lowest BCUT2D eigenvalue weighted by atomic mass is 10.1. The van der Waals surface area contributed by atoms with Crippen molar-refractivity contribution in [2.24, 2.45) is 0 Å². The molecular weight excluding hydrogens is 216 g/mol. The van der Waals surface area contributed by atoms with Crippen molar-refractivity contribution in [3.05, 3.63) is 23.3 Å². The molecule has 15 heavy (non-hydrogen) atoms. The number of halogens is 1. The number of hydrogen-bond donors (Lipinski definition) is 1. The number of aldehydes is 1. The van der Waals surface area contributed by atoms with Crippen molar-refractivity contribution in [3.8, 4) is 23.3 Å². The normalized spacial score (nSPS) is 8.93. The minimum absolute atomic E-state index is 0.0870. The van der Waals surface area contributed by atoms with Crippen LogP contribution in [0.2, 0.25) is 0 Å². The highest BCUT2D eigenvalue weighted by Crippen LogP contribution is 2.28. The number of aromatic hydroxyl groups is 1. The van der Waals surface area contributed by atoms with Gasteiger partial charge in [0.25, 0.3) is 0 Å². The molecule has 0 saturated carbocycles. The van der Waals surface area contributed by atoms with Crippen molar-refractivity contribution in [3.63, 3.8) is 0 Å². The molecule has 0 aliphatic rings. The zero-order chi connectivity index (χ0) is 11.3. The molecule has 1 rings (SSSR count). The number of methoxy groups -OCH3 is 1. The molecule has 78 valence electrons. The number of benzene rings is 1.